The van der Waals surface area contributed by atoms with Crippen LogP contribution in [0.4, 0.5) is 0 Å². The third-order valence-electron chi connectivity index (χ3n) is 3.34. The molecule has 2 N–H and O–H groups in total. The second-order valence-electron chi connectivity index (χ2n) is 4.38. The van der Waals surface area contributed by atoms with Gasteiger partial charge in [-0.25, -0.2) is 9.67 Å². The Labute approximate surface area is 91.0 Å². The minimum Gasteiger partial charge on any atom is -0.323 e. The summed E-state index contributed by atoms with van der Waals surface area (Å²) in [5, 5.41) is 4.38. The maximum absolute atomic E-state index is 6.24. The van der Waals surface area contributed by atoms with Crippen molar-refractivity contribution in [1.29, 1.82) is 0 Å². The lowest BCUT2D eigenvalue weighted by atomic mass is 9.97. The molecular formula is C9H13BrN4. The molecule has 5 heteroatoms. The zero-order chi connectivity index (χ0) is 9.76. The number of hydrogen-bond donors (Lipinski definition) is 1. The van der Waals surface area contributed by atoms with E-state index in [1.807, 2.05) is 4.68 Å². The van der Waals surface area contributed by atoms with Crippen molar-refractivity contribution in [2.24, 2.45) is 5.73 Å². The van der Waals surface area contributed by atoms with E-state index < -0.39 is 0 Å². The quantitative estimate of drug-likeness (QED) is 0.827. The van der Waals surface area contributed by atoms with Crippen molar-refractivity contribution in [3.63, 3.8) is 0 Å². The lowest BCUT2D eigenvalue weighted by molar-refractivity contribution is 0.296. The van der Waals surface area contributed by atoms with Crippen LogP contribution in [0.3, 0.4) is 0 Å². The number of aryl methyl sites for hydroxylation is 1. The molecule has 1 saturated carbocycles. The Hall–Kier alpha value is -0.420. The minimum atomic E-state index is 0.0162. The molecule has 3 rings (SSSR count). The Bertz CT molecular complexity index is 369. The largest absolute Gasteiger partial charge is 0.323 e. The van der Waals surface area contributed by atoms with Gasteiger partial charge in [-0.2, -0.15) is 0 Å². The van der Waals surface area contributed by atoms with Crippen LogP contribution in [-0.2, 0) is 6.42 Å². The van der Waals surface area contributed by atoms with Gasteiger partial charge in [0.25, 0.3) is 0 Å². The number of rotatable bonds is 1. The van der Waals surface area contributed by atoms with Crippen LogP contribution in [0, 0.1) is 0 Å². The molecule has 1 unspecified atom stereocenters. The van der Waals surface area contributed by atoms with E-state index in [0.717, 1.165) is 31.5 Å². The van der Waals surface area contributed by atoms with Gasteiger partial charge in [0.1, 0.15) is 5.82 Å². The Kier molecular flexibility index (Phi) is 1.77. The molecule has 0 saturated heterocycles. The number of nitrogens with two attached hydrogens (primary N) is 1. The van der Waals surface area contributed by atoms with Gasteiger partial charge in [0.15, 0.2) is 0 Å². The summed E-state index contributed by atoms with van der Waals surface area (Å²) in [4.78, 5) is 4.36. The van der Waals surface area contributed by atoms with Crippen molar-refractivity contribution in [1.82, 2.24) is 14.8 Å². The molecule has 2 aliphatic rings. The molecule has 0 spiro atoms. The van der Waals surface area contributed by atoms with E-state index in [0.29, 0.717) is 10.8 Å². The Morgan fingerprint density at radius 2 is 2.29 bits per heavy atom. The fourth-order valence-electron chi connectivity index (χ4n) is 2.33. The summed E-state index contributed by atoms with van der Waals surface area (Å²) >= 11 is 3.32. The molecule has 0 amide bonds. The molecular weight excluding hydrogens is 244 g/mol. The standard InChI is InChI=1S/C9H13BrN4/c10-8-12-7-3-1-2-6(14(7)13-8)9(11)4-5-9/h6H,1-5,11H2. The molecule has 2 heterocycles. The molecule has 1 aromatic rings. The molecule has 1 aliphatic carbocycles. The first kappa shape index (κ1) is 8.85. The van der Waals surface area contributed by atoms with Crippen molar-refractivity contribution >= 4 is 15.9 Å². The number of hydrogen-bond acceptors (Lipinski definition) is 3. The van der Waals surface area contributed by atoms with Gasteiger partial charge in [-0.15, -0.1) is 5.10 Å². The summed E-state index contributed by atoms with van der Waals surface area (Å²) in [6.07, 6.45) is 5.64. The lowest BCUT2D eigenvalue weighted by Crippen LogP contribution is -2.37. The van der Waals surface area contributed by atoms with Gasteiger partial charge in [0, 0.05) is 12.0 Å². The van der Waals surface area contributed by atoms with Gasteiger partial charge in [-0.1, -0.05) is 0 Å². The first-order chi connectivity index (χ1) is 6.69. The molecule has 14 heavy (non-hydrogen) atoms. The zero-order valence-electron chi connectivity index (χ0n) is 7.91. The zero-order valence-corrected chi connectivity index (χ0v) is 9.50. The van der Waals surface area contributed by atoms with Crippen LogP contribution in [0.1, 0.15) is 37.5 Å². The number of aromatic nitrogens is 3. The molecule has 76 valence electrons. The van der Waals surface area contributed by atoms with Crippen LogP contribution in [0.25, 0.3) is 0 Å². The fraction of sp³-hybridized carbons (Fsp3) is 0.778. The fourth-order valence-corrected chi connectivity index (χ4v) is 2.71. The summed E-state index contributed by atoms with van der Waals surface area (Å²) in [7, 11) is 0. The maximum Gasteiger partial charge on any atom is 0.217 e. The highest BCUT2D eigenvalue weighted by atomic mass is 79.9. The van der Waals surface area contributed by atoms with Gasteiger partial charge < -0.3 is 5.73 Å². The average molecular weight is 257 g/mol. The highest BCUT2D eigenvalue weighted by Gasteiger charge is 2.48. The minimum absolute atomic E-state index is 0.0162. The van der Waals surface area contributed by atoms with Gasteiger partial charge in [0.2, 0.25) is 4.73 Å². The first-order valence-corrected chi connectivity index (χ1v) is 5.88. The van der Waals surface area contributed by atoms with E-state index in [2.05, 4.69) is 26.0 Å². The van der Waals surface area contributed by atoms with Crippen molar-refractivity contribution in [3.05, 3.63) is 10.6 Å². The molecule has 1 atom stereocenters. The van der Waals surface area contributed by atoms with Crippen molar-refractivity contribution < 1.29 is 0 Å². The summed E-state index contributed by atoms with van der Waals surface area (Å²) in [5.41, 5.74) is 6.26. The highest BCUT2D eigenvalue weighted by molar-refractivity contribution is 9.10. The predicted octanol–water partition coefficient (Wildman–Crippen LogP) is 1.41. The van der Waals surface area contributed by atoms with E-state index in [-0.39, 0.29) is 5.54 Å². The predicted molar refractivity (Wildman–Crippen MR) is 55.8 cm³/mol. The number of halogens is 1. The molecule has 1 aromatic heterocycles. The maximum atomic E-state index is 6.24. The molecule has 0 bridgehead atoms. The van der Waals surface area contributed by atoms with Crippen LogP contribution in [0.5, 0.6) is 0 Å². The highest BCUT2D eigenvalue weighted by Crippen LogP contribution is 2.46. The van der Waals surface area contributed by atoms with E-state index >= 15 is 0 Å². The smallest absolute Gasteiger partial charge is 0.217 e. The summed E-state index contributed by atoms with van der Waals surface area (Å²) < 4.78 is 2.74. The SMILES string of the molecule is NC1(C2CCCc3nc(Br)nn32)CC1. The molecule has 0 radical (unpaired) electrons. The Balaban J connectivity index is 2.02. The third kappa shape index (κ3) is 1.22. The number of nitrogens with zero attached hydrogens (tertiary/aromatic N) is 3. The van der Waals surface area contributed by atoms with E-state index in [9.17, 15) is 0 Å². The summed E-state index contributed by atoms with van der Waals surface area (Å²) in [6.45, 7) is 0. The van der Waals surface area contributed by atoms with Crippen LogP contribution in [-0.4, -0.2) is 20.3 Å². The van der Waals surface area contributed by atoms with Gasteiger partial charge in [0.05, 0.1) is 6.04 Å². The second kappa shape index (κ2) is 2.79. The van der Waals surface area contributed by atoms with Gasteiger partial charge >= 0.3 is 0 Å². The first-order valence-electron chi connectivity index (χ1n) is 5.09. The van der Waals surface area contributed by atoms with Crippen LogP contribution >= 0.6 is 15.9 Å². The van der Waals surface area contributed by atoms with E-state index in [4.69, 9.17) is 5.73 Å². The molecule has 0 aromatic carbocycles. The monoisotopic (exact) mass is 256 g/mol. The summed E-state index contributed by atoms with van der Waals surface area (Å²) in [6, 6.07) is 0.380. The van der Waals surface area contributed by atoms with Crippen molar-refractivity contribution in [2.45, 2.75) is 43.7 Å². The average Bonchev–Trinajstić information content (AvgIpc) is 2.78. The van der Waals surface area contributed by atoms with Gasteiger partial charge in [-0.3, -0.25) is 0 Å². The Morgan fingerprint density at radius 1 is 1.50 bits per heavy atom. The molecule has 1 aliphatic heterocycles. The van der Waals surface area contributed by atoms with Crippen molar-refractivity contribution in [2.75, 3.05) is 0 Å². The van der Waals surface area contributed by atoms with Crippen LogP contribution in [0.15, 0.2) is 4.73 Å². The Morgan fingerprint density at radius 3 is 3.00 bits per heavy atom. The second-order valence-corrected chi connectivity index (χ2v) is 5.09. The topological polar surface area (TPSA) is 56.7 Å². The summed E-state index contributed by atoms with van der Waals surface area (Å²) in [5.74, 6) is 1.09. The van der Waals surface area contributed by atoms with Crippen LogP contribution < -0.4 is 5.73 Å². The van der Waals surface area contributed by atoms with E-state index in [1.54, 1.807) is 0 Å². The van der Waals surface area contributed by atoms with Crippen LogP contribution in [0.2, 0.25) is 0 Å². The van der Waals surface area contributed by atoms with E-state index in [1.165, 1.54) is 6.42 Å². The van der Waals surface area contributed by atoms with Crippen molar-refractivity contribution in [3.8, 4) is 0 Å². The third-order valence-corrected chi connectivity index (χ3v) is 3.68. The number of fused-ring (bicyclic) bond motifs is 1. The molecule has 1 fully saturated rings. The van der Waals surface area contributed by atoms with Gasteiger partial charge in [-0.05, 0) is 41.6 Å². The normalized spacial score (nSPS) is 28.6. The lowest BCUT2D eigenvalue weighted by Gasteiger charge is -2.28. The molecule has 4 nitrogen and oxygen atoms in total.